The minimum Gasteiger partial charge on any atom is -0.370 e. The maximum absolute atomic E-state index is 12.4. The predicted molar refractivity (Wildman–Crippen MR) is 76.5 cm³/mol. The normalized spacial score (nSPS) is 18.6. The SMILES string of the molecule is CCCNc1ccc(C(=O)N2CCNC(=O)C2C)cn1. The molecule has 0 spiro atoms. The molecule has 1 saturated heterocycles. The molecule has 1 fully saturated rings. The molecule has 20 heavy (non-hydrogen) atoms. The molecule has 1 aromatic heterocycles. The number of hydrogen-bond donors (Lipinski definition) is 2. The molecule has 2 heterocycles. The van der Waals surface area contributed by atoms with Crippen LogP contribution in [0.15, 0.2) is 18.3 Å². The Morgan fingerprint density at radius 1 is 1.55 bits per heavy atom. The summed E-state index contributed by atoms with van der Waals surface area (Å²) in [6.45, 7) is 5.69. The Hall–Kier alpha value is -2.11. The largest absolute Gasteiger partial charge is 0.370 e. The summed E-state index contributed by atoms with van der Waals surface area (Å²) >= 11 is 0. The summed E-state index contributed by atoms with van der Waals surface area (Å²) in [6, 6.07) is 3.10. The Bertz CT molecular complexity index is 486. The van der Waals surface area contributed by atoms with Gasteiger partial charge in [-0.2, -0.15) is 0 Å². The zero-order valence-corrected chi connectivity index (χ0v) is 11.8. The van der Waals surface area contributed by atoms with Gasteiger partial charge in [-0.1, -0.05) is 6.92 Å². The molecule has 2 amide bonds. The molecule has 2 rings (SSSR count). The number of aromatic nitrogens is 1. The van der Waals surface area contributed by atoms with E-state index >= 15 is 0 Å². The molecule has 2 N–H and O–H groups in total. The molecule has 0 aliphatic carbocycles. The number of hydrogen-bond acceptors (Lipinski definition) is 4. The number of nitrogens with one attached hydrogen (secondary N) is 2. The topological polar surface area (TPSA) is 74.3 Å². The molecule has 1 unspecified atom stereocenters. The molecule has 1 aliphatic rings. The maximum Gasteiger partial charge on any atom is 0.256 e. The summed E-state index contributed by atoms with van der Waals surface area (Å²) < 4.78 is 0. The van der Waals surface area contributed by atoms with Crippen molar-refractivity contribution >= 4 is 17.6 Å². The maximum atomic E-state index is 12.4. The Morgan fingerprint density at radius 3 is 3.00 bits per heavy atom. The van der Waals surface area contributed by atoms with E-state index in [0.717, 1.165) is 18.8 Å². The first-order chi connectivity index (χ1) is 9.63. The number of anilines is 1. The summed E-state index contributed by atoms with van der Waals surface area (Å²) in [5, 5.41) is 5.90. The van der Waals surface area contributed by atoms with E-state index in [2.05, 4.69) is 22.5 Å². The van der Waals surface area contributed by atoms with Gasteiger partial charge in [-0.3, -0.25) is 9.59 Å². The number of piperazine rings is 1. The van der Waals surface area contributed by atoms with Crippen LogP contribution in [0.25, 0.3) is 0 Å². The van der Waals surface area contributed by atoms with Crippen LogP contribution in [0.4, 0.5) is 5.82 Å². The van der Waals surface area contributed by atoms with E-state index in [1.165, 1.54) is 0 Å². The lowest BCUT2D eigenvalue weighted by molar-refractivity contribution is -0.127. The lowest BCUT2D eigenvalue weighted by Gasteiger charge is -2.32. The second-order valence-corrected chi connectivity index (χ2v) is 4.82. The standard InChI is InChI=1S/C14H20N4O2/c1-3-6-15-12-5-4-11(9-17-12)14(20)18-8-7-16-13(19)10(18)2/h4-5,9-10H,3,6-8H2,1-2H3,(H,15,17)(H,16,19). The van der Waals surface area contributed by atoms with E-state index in [1.807, 2.05) is 0 Å². The van der Waals surface area contributed by atoms with Crippen molar-refractivity contribution in [2.45, 2.75) is 26.3 Å². The fraction of sp³-hybridized carbons (Fsp3) is 0.500. The van der Waals surface area contributed by atoms with Crippen LogP contribution in [0, 0.1) is 0 Å². The van der Waals surface area contributed by atoms with Crippen LogP contribution < -0.4 is 10.6 Å². The van der Waals surface area contributed by atoms with E-state index in [1.54, 1.807) is 30.2 Å². The zero-order chi connectivity index (χ0) is 14.5. The first kappa shape index (κ1) is 14.3. The average Bonchev–Trinajstić information content (AvgIpc) is 2.48. The number of rotatable bonds is 4. The highest BCUT2D eigenvalue weighted by atomic mass is 16.2. The average molecular weight is 276 g/mol. The number of carbonyl (C=O) groups is 2. The molecule has 1 aliphatic heterocycles. The summed E-state index contributed by atoms with van der Waals surface area (Å²) in [5.74, 6) is 0.494. The minimum absolute atomic E-state index is 0.112. The Morgan fingerprint density at radius 2 is 2.35 bits per heavy atom. The van der Waals surface area contributed by atoms with Crippen molar-refractivity contribution in [3.63, 3.8) is 0 Å². The van der Waals surface area contributed by atoms with E-state index in [-0.39, 0.29) is 11.8 Å². The van der Waals surface area contributed by atoms with E-state index < -0.39 is 6.04 Å². The van der Waals surface area contributed by atoms with Crippen LogP contribution >= 0.6 is 0 Å². The van der Waals surface area contributed by atoms with Crippen molar-refractivity contribution in [2.24, 2.45) is 0 Å². The molecule has 0 bridgehead atoms. The predicted octanol–water partition coefficient (Wildman–Crippen LogP) is 0.864. The highest BCUT2D eigenvalue weighted by Crippen LogP contribution is 2.12. The van der Waals surface area contributed by atoms with Crippen molar-refractivity contribution in [3.8, 4) is 0 Å². The monoisotopic (exact) mass is 276 g/mol. The van der Waals surface area contributed by atoms with Crippen molar-refractivity contribution in [1.29, 1.82) is 0 Å². The highest BCUT2D eigenvalue weighted by Gasteiger charge is 2.29. The molecular weight excluding hydrogens is 256 g/mol. The van der Waals surface area contributed by atoms with Crippen LogP contribution in [0.5, 0.6) is 0 Å². The fourth-order valence-electron chi connectivity index (χ4n) is 2.10. The molecule has 0 radical (unpaired) electrons. The third-order valence-corrected chi connectivity index (χ3v) is 3.33. The smallest absolute Gasteiger partial charge is 0.256 e. The fourth-order valence-corrected chi connectivity index (χ4v) is 2.10. The van der Waals surface area contributed by atoms with Gasteiger partial charge in [0.1, 0.15) is 11.9 Å². The highest BCUT2D eigenvalue weighted by molar-refractivity contribution is 5.98. The van der Waals surface area contributed by atoms with Gasteiger partial charge in [0, 0.05) is 25.8 Å². The third-order valence-electron chi connectivity index (χ3n) is 3.33. The van der Waals surface area contributed by atoms with Gasteiger partial charge in [0.15, 0.2) is 0 Å². The Balaban J connectivity index is 2.06. The molecule has 1 aromatic rings. The first-order valence-corrected chi connectivity index (χ1v) is 6.92. The molecular formula is C14H20N4O2. The van der Waals surface area contributed by atoms with Gasteiger partial charge >= 0.3 is 0 Å². The van der Waals surface area contributed by atoms with Gasteiger partial charge < -0.3 is 15.5 Å². The van der Waals surface area contributed by atoms with E-state index in [0.29, 0.717) is 18.7 Å². The van der Waals surface area contributed by atoms with Crippen LogP contribution in [0.3, 0.4) is 0 Å². The van der Waals surface area contributed by atoms with Crippen molar-refractivity contribution in [3.05, 3.63) is 23.9 Å². The van der Waals surface area contributed by atoms with Crippen molar-refractivity contribution in [1.82, 2.24) is 15.2 Å². The van der Waals surface area contributed by atoms with Crippen LogP contribution in [-0.2, 0) is 4.79 Å². The van der Waals surface area contributed by atoms with Gasteiger partial charge in [0.2, 0.25) is 5.91 Å². The lowest BCUT2D eigenvalue weighted by Crippen LogP contribution is -2.55. The summed E-state index contributed by atoms with van der Waals surface area (Å²) in [6.07, 6.45) is 2.57. The lowest BCUT2D eigenvalue weighted by atomic mass is 10.1. The minimum atomic E-state index is -0.436. The van der Waals surface area contributed by atoms with Gasteiger partial charge in [-0.25, -0.2) is 4.98 Å². The van der Waals surface area contributed by atoms with Gasteiger partial charge in [0.05, 0.1) is 5.56 Å². The second kappa shape index (κ2) is 6.36. The zero-order valence-electron chi connectivity index (χ0n) is 11.8. The van der Waals surface area contributed by atoms with Crippen LogP contribution in [0.1, 0.15) is 30.6 Å². The third kappa shape index (κ3) is 3.07. The van der Waals surface area contributed by atoms with Crippen molar-refractivity contribution in [2.75, 3.05) is 25.0 Å². The van der Waals surface area contributed by atoms with Gasteiger partial charge in [-0.05, 0) is 25.5 Å². The number of carbonyl (C=O) groups excluding carboxylic acids is 2. The van der Waals surface area contributed by atoms with Crippen LogP contribution in [0.2, 0.25) is 0 Å². The molecule has 6 heteroatoms. The van der Waals surface area contributed by atoms with E-state index in [9.17, 15) is 9.59 Å². The summed E-state index contributed by atoms with van der Waals surface area (Å²) in [7, 11) is 0. The molecule has 6 nitrogen and oxygen atoms in total. The Labute approximate surface area is 118 Å². The van der Waals surface area contributed by atoms with E-state index in [4.69, 9.17) is 0 Å². The van der Waals surface area contributed by atoms with Crippen molar-refractivity contribution < 1.29 is 9.59 Å². The summed E-state index contributed by atoms with van der Waals surface area (Å²) in [4.78, 5) is 29.7. The first-order valence-electron chi connectivity index (χ1n) is 6.92. The molecule has 0 saturated carbocycles. The quantitative estimate of drug-likeness (QED) is 0.855. The Kier molecular flexibility index (Phi) is 4.55. The summed E-state index contributed by atoms with van der Waals surface area (Å²) in [5.41, 5.74) is 0.508. The van der Waals surface area contributed by atoms with Gasteiger partial charge in [-0.15, -0.1) is 0 Å². The van der Waals surface area contributed by atoms with Crippen LogP contribution in [-0.4, -0.2) is 47.4 Å². The molecule has 108 valence electrons. The second-order valence-electron chi connectivity index (χ2n) is 4.82. The number of amides is 2. The van der Waals surface area contributed by atoms with Gasteiger partial charge in [0.25, 0.3) is 5.91 Å². The molecule has 0 aromatic carbocycles. The number of nitrogens with zero attached hydrogens (tertiary/aromatic N) is 2. The molecule has 1 atom stereocenters. The number of pyridine rings is 1.